The van der Waals surface area contributed by atoms with Crippen molar-refractivity contribution in [2.75, 3.05) is 7.11 Å². The lowest BCUT2D eigenvalue weighted by molar-refractivity contribution is 0.413. The third-order valence-electron chi connectivity index (χ3n) is 2.97. The molecule has 0 aromatic heterocycles. The zero-order valence-corrected chi connectivity index (χ0v) is 11.7. The third-order valence-corrected chi connectivity index (χ3v) is 3.77. The summed E-state index contributed by atoms with van der Waals surface area (Å²) in [7, 11) is 1.65. The van der Waals surface area contributed by atoms with E-state index < -0.39 is 5.50 Å². The van der Waals surface area contributed by atoms with Crippen LogP contribution in [0.4, 0.5) is 0 Å². The predicted molar refractivity (Wildman–Crippen MR) is 76.2 cm³/mol. The second-order valence-corrected chi connectivity index (χ2v) is 5.27. The summed E-state index contributed by atoms with van der Waals surface area (Å²) in [5.74, 6) is 0.838. The molecule has 0 fully saturated rings. The van der Waals surface area contributed by atoms with Crippen LogP contribution in [0.15, 0.2) is 34.3 Å². The van der Waals surface area contributed by atoms with E-state index in [0.29, 0.717) is 0 Å². The standard InChI is InChI=1S/C13H14Cl2N2O/c1-13(8-16-12(15)17-11(13)14)7-9-3-5-10(18-2)6-4-9/h3-6,8,11H,7H2,1-2H3. The number of ether oxygens (including phenoxy) is 1. The fraction of sp³-hybridized carbons (Fsp3) is 0.385. The maximum atomic E-state index is 6.24. The molecule has 1 aromatic rings. The number of benzene rings is 1. The third kappa shape index (κ3) is 2.85. The van der Waals surface area contributed by atoms with Gasteiger partial charge in [-0.25, -0.2) is 9.98 Å². The number of alkyl halides is 1. The summed E-state index contributed by atoms with van der Waals surface area (Å²) in [4.78, 5) is 8.14. The van der Waals surface area contributed by atoms with Crippen LogP contribution < -0.4 is 4.74 Å². The first-order valence-corrected chi connectivity index (χ1v) is 6.40. The molecular weight excluding hydrogens is 271 g/mol. The number of amidine groups is 1. The van der Waals surface area contributed by atoms with Gasteiger partial charge < -0.3 is 4.74 Å². The molecule has 2 atom stereocenters. The Kier molecular flexibility index (Phi) is 3.93. The van der Waals surface area contributed by atoms with E-state index in [1.54, 1.807) is 13.3 Å². The van der Waals surface area contributed by atoms with E-state index >= 15 is 0 Å². The zero-order chi connectivity index (χ0) is 13.2. The Labute approximate surface area is 116 Å². The van der Waals surface area contributed by atoms with E-state index in [1.807, 2.05) is 31.2 Å². The van der Waals surface area contributed by atoms with Gasteiger partial charge in [0.05, 0.1) is 7.11 Å². The fourth-order valence-corrected chi connectivity index (χ4v) is 2.27. The molecule has 1 aliphatic rings. The SMILES string of the molecule is COc1ccc(CC2(C)C=NC(Cl)=NC2Cl)cc1. The van der Waals surface area contributed by atoms with Gasteiger partial charge in [0.25, 0.3) is 0 Å². The van der Waals surface area contributed by atoms with Crippen LogP contribution in [-0.2, 0) is 6.42 Å². The van der Waals surface area contributed by atoms with Gasteiger partial charge in [0, 0.05) is 11.6 Å². The lowest BCUT2D eigenvalue weighted by Crippen LogP contribution is -2.34. The molecule has 0 N–H and O–H groups in total. The highest BCUT2D eigenvalue weighted by atomic mass is 35.5. The van der Waals surface area contributed by atoms with Gasteiger partial charge in [-0.05, 0) is 35.7 Å². The van der Waals surface area contributed by atoms with Crippen molar-refractivity contribution in [3.05, 3.63) is 29.8 Å². The second kappa shape index (κ2) is 5.29. The van der Waals surface area contributed by atoms with Gasteiger partial charge in [0.15, 0.2) is 0 Å². The predicted octanol–water partition coefficient (Wildman–Crippen LogP) is 3.49. The quantitative estimate of drug-likeness (QED) is 0.618. The molecule has 5 heteroatoms. The average molecular weight is 285 g/mol. The van der Waals surface area contributed by atoms with Crippen LogP contribution in [0.3, 0.4) is 0 Å². The Balaban J connectivity index is 2.15. The summed E-state index contributed by atoms with van der Waals surface area (Å²) in [6.45, 7) is 2.02. The summed E-state index contributed by atoms with van der Waals surface area (Å²) in [5, 5.41) is 0.210. The first-order chi connectivity index (χ1) is 8.53. The van der Waals surface area contributed by atoms with E-state index in [2.05, 4.69) is 9.98 Å². The monoisotopic (exact) mass is 284 g/mol. The van der Waals surface area contributed by atoms with E-state index in [-0.39, 0.29) is 10.7 Å². The van der Waals surface area contributed by atoms with E-state index in [0.717, 1.165) is 17.7 Å². The summed E-state index contributed by atoms with van der Waals surface area (Å²) < 4.78 is 5.13. The molecule has 0 saturated heterocycles. The zero-order valence-electron chi connectivity index (χ0n) is 10.2. The smallest absolute Gasteiger partial charge is 0.218 e. The van der Waals surface area contributed by atoms with Gasteiger partial charge in [-0.2, -0.15) is 0 Å². The maximum Gasteiger partial charge on any atom is 0.218 e. The highest BCUT2D eigenvalue weighted by Gasteiger charge is 2.34. The van der Waals surface area contributed by atoms with Crippen LogP contribution in [0.25, 0.3) is 0 Å². The Morgan fingerprint density at radius 3 is 2.56 bits per heavy atom. The Bertz CT molecular complexity index is 484. The van der Waals surface area contributed by atoms with Gasteiger partial charge in [0.2, 0.25) is 5.29 Å². The van der Waals surface area contributed by atoms with Crippen molar-refractivity contribution in [2.45, 2.75) is 18.8 Å². The van der Waals surface area contributed by atoms with Crippen molar-refractivity contribution in [3.63, 3.8) is 0 Å². The molecule has 1 heterocycles. The molecule has 18 heavy (non-hydrogen) atoms. The van der Waals surface area contributed by atoms with Crippen LogP contribution >= 0.6 is 23.2 Å². The molecule has 2 unspecified atom stereocenters. The lowest BCUT2D eigenvalue weighted by atomic mass is 9.84. The highest BCUT2D eigenvalue weighted by Crippen LogP contribution is 2.33. The molecule has 2 rings (SSSR count). The van der Waals surface area contributed by atoms with Crippen molar-refractivity contribution >= 4 is 34.7 Å². The molecule has 0 radical (unpaired) electrons. The number of halogens is 2. The molecule has 0 amide bonds. The van der Waals surface area contributed by atoms with E-state index in [4.69, 9.17) is 27.9 Å². The molecule has 96 valence electrons. The van der Waals surface area contributed by atoms with Crippen LogP contribution in [0.5, 0.6) is 5.75 Å². The van der Waals surface area contributed by atoms with Gasteiger partial charge in [-0.15, -0.1) is 0 Å². The number of hydrogen-bond donors (Lipinski definition) is 0. The molecule has 0 saturated carbocycles. The molecule has 1 aliphatic heterocycles. The van der Waals surface area contributed by atoms with E-state index in [9.17, 15) is 0 Å². The highest BCUT2D eigenvalue weighted by molar-refractivity contribution is 6.65. The number of hydrogen-bond acceptors (Lipinski definition) is 3. The normalized spacial score (nSPS) is 26.9. The topological polar surface area (TPSA) is 34.0 Å². The van der Waals surface area contributed by atoms with Crippen molar-refractivity contribution < 1.29 is 4.74 Å². The number of nitrogens with zero attached hydrogens (tertiary/aromatic N) is 2. The van der Waals surface area contributed by atoms with Gasteiger partial charge >= 0.3 is 0 Å². The van der Waals surface area contributed by atoms with Crippen LogP contribution in [0, 0.1) is 5.41 Å². The maximum absolute atomic E-state index is 6.24. The van der Waals surface area contributed by atoms with Crippen molar-refractivity contribution in [1.29, 1.82) is 0 Å². The molecular formula is C13H14Cl2N2O. The average Bonchev–Trinajstić information content (AvgIpc) is 2.36. The summed E-state index contributed by atoms with van der Waals surface area (Å²) in [5.41, 5.74) is 0.433. The second-order valence-electron chi connectivity index (χ2n) is 4.52. The fourth-order valence-electron chi connectivity index (χ4n) is 1.85. The first-order valence-electron chi connectivity index (χ1n) is 5.59. The summed E-state index contributed by atoms with van der Waals surface area (Å²) >= 11 is 12.0. The van der Waals surface area contributed by atoms with Gasteiger partial charge in [0.1, 0.15) is 11.3 Å². The summed E-state index contributed by atoms with van der Waals surface area (Å²) in [6, 6.07) is 7.89. The van der Waals surface area contributed by atoms with Crippen LogP contribution in [0.2, 0.25) is 0 Å². The minimum atomic E-state index is -0.399. The number of rotatable bonds is 3. The lowest BCUT2D eigenvalue weighted by Gasteiger charge is -2.30. The van der Waals surface area contributed by atoms with Crippen LogP contribution in [-0.4, -0.2) is 24.1 Å². The van der Waals surface area contributed by atoms with Gasteiger partial charge in [-0.1, -0.05) is 30.7 Å². The first kappa shape index (κ1) is 13.4. The Morgan fingerprint density at radius 1 is 1.33 bits per heavy atom. The largest absolute Gasteiger partial charge is 0.497 e. The molecule has 1 aromatic carbocycles. The Hall–Kier alpha value is -1.06. The summed E-state index contributed by atoms with van der Waals surface area (Å²) in [6.07, 6.45) is 2.53. The van der Waals surface area contributed by atoms with Crippen molar-refractivity contribution in [1.82, 2.24) is 0 Å². The molecule has 0 bridgehead atoms. The minimum absolute atomic E-state index is 0.210. The minimum Gasteiger partial charge on any atom is -0.497 e. The molecule has 3 nitrogen and oxygen atoms in total. The number of methoxy groups -OCH3 is 1. The Morgan fingerprint density at radius 2 is 2.00 bits per heavy atom. The van der Waals surface area contributed by atoms with Crippen LogP contribution in [0.1, 0.15) is 12.5 Å². The van der Waals surface area contributed by atoms with Crippen molar-refractivity contribution in [3.8, 4) is 5.75 Å². The molecule has 0 spiro atoms. The van der Waals surface area contributed by atoms with Crippen molar-refractivity contribution in [2.24, 2.45) is 15.4 Å². The van der Waals surface area contributed by atoms with Gasteiger partial charge in [-0.3, -0.25) is 0 Å². The molecule has 0 aliphatic carbocycles. The number of aliphatic imine (C=N–C) groups is 2. The van der Waals surface area contributed by atoms with E-state index in [1.165, 1.54) is 0 Å².